The van der Waals surface area contributed by atoms with Crippen LogP contribution in [0.4, 0.5) is 0 Å². The molecule has 0 atom stereocenters. The number of phenolic OH excluding ortho intramolecular Hbond substituents is 1. The highest BCUT2D eigenvalue weighted by molar-refractivity contribution is 8.14. The van der Waals surface area contributed by atoms with Crippen LogP contribution in [0.15, 0.2) is 18.2 Å². The van der Waals surface area contributed by atoms with Gasteiger partial charge in [-0.2, -0.15) is 0 Å². The van der Waals surface area contributed by atoms with E-state index in [0.717, 1.165) is 23.5 Å². The van der Waals surface area contributed by atoms with E-state index in [4.69, 9.17) is 13.6 Å². The maximum absolute atomic E-state index is 13.1. The van der Waals surface area contributed by atoms with Gasteiger partial charge in [0.2, 0.25) is 0 Å². The van der Waals surface area contributed by atoms with Crippen molar-refractivity contribution in [3.63, 3.8) is 0 Å². The maximum atomic E-state index is 13.1. The second-order valence-electron chi connectivity index (χ2n) is 8.82. The molecule has 0 aromatic heterocycles. The van der Waals surface area contributed by atoms with E-state index in [2.05, 4.69) is 0 Å². The van der Waals surface area contributed by atoms with Gasteiger partial charge in [0.25, 0.3) is 0 Å². The van der Waals surface area contributed by atoms with Gasteiger partial charge in [-0.05, 0) is 18.2 Å². The Hall–Kier alpha value is -1.32. The zero-order valence-electron chi connectivity index (χ0n) is 19.2. The quantitative estimate of drug-likeness (QED) is 0.240. The average molecular weight is 507 g/mol. The molecule has 180 valence electrons. The van der Waals surface area contributed by atoms with Crippen molar-refractivity contribution in [3.05, 3.63) is 23.8 Å². The minimum atomic E-state index is -4.13. The van der Waals surface area contributed by atoms with Gasteiger partial charge in [0.05, 0.1) is 18.8 Å². The number of phenols is 1. The Labute approximate surface area is 197 Å². The van der Waals surface area contributed by atoms with Crippen molar-refractivity contribution < 1.29 is 37.6 Å². The maximum Gasteiger partial charge on any atom is 0.530 e. The summed E-state index contributed by atoms with van der Waals surface area (Å²) in [6, 6.07) is 3.74. The molecule has 0 saturated heterocycles. The van der Waals surface area contributed by atoms with Crippen molar-refractivity contribution in [2.45, 2.75) is 41.5 Å². The first-order valence-electron chi connectivity index (χ1n) is 9.89. The summed E-state index contributed by atoms with van der Waals surface area (Å²) in [6.07, 6.45) is 0.429. The molecule has 0 unspecified atom stereocenters. The van der Waals surface area contributed by atoms with E-state index >= 15 is 0 Å². The molecular weight excluding hydrogens is 475 g/mol. The molecule has 0 aliphatic carbocycles. The molecule has 0 aliphatic rings. The highest BCUT2D eigenvalue weighted by Crippen LogP contribution is 2.50. The van der Waals surface area contributed by atoms with E-state index in [1.165, 1.54) is 18.2 Å². The first-order chi connectivity index (χ1) is 14.7. The minimum Gasteiger partial charge on any atom is -0.507 e. The predicted octanol–water partition coefficient (Wildman–Crippen LogP) is 5.34. The highest BCUT2D eigenvalue weighted by Gasteiger charge is 2.30. The summed E-state index contributed by atoms with van der Waals surface area (Å²) >= 11 is 2.10. The monoisotopic (exact) mass is 506 g/mol. The Bertz CT molecular complexity index is 820. The van der Waals surface area contributed by atoms with Crippen LogP contribution in [0, 0.1) is 10.8 Å². The second kappa shape index (κ2) is 12.2. The number of phosphoric ester groups is 1. The molecule has 1 aromatic carbocycles. The predicted molar refractivity (Wildman–Crippen MR) is 127 cm³/mol. The van der Waals surface area contributed by atoms with E-state index in [1.807, 2.05) is 0 Å². The number of aromatic hydroxyl groups is 1. The Balaban J connectivity index is 2.80. The average Bonchev–Trinajstić information content (AvgIpc) is 2.68. The molecule has 1 rings (SSSR count). The Morgan fingerprint density at radius 3 is 1.84 bits per heavy atom. The van der Waals surface area contributed by atoms with Crippen molar-refractivity contribution in [1.82, 2.24) is 0 Å². The smallest absolute Gasteiger partial charge is 0.507 e. The van der Waals surface area contributed by atoms with Crippen molar-refractivity contribution in [2.75, 3.05) is 24.7 Å². The third-order valence-corrected chi connectivity index (χ3v) is 7.62. The SMILES string of the molecule is CC(C)(C)C(=O)SCCOP(=O)(OCCSC(=O)C(C)(C)C)Oc1ccc(O)c(C=O)c1. The number of benzene rings is 1. The summed E-state index contributed by atoms with van der Waals surface area (Å²) < 4.78 is 29.3. The third-order valence-electron chi connectivity index (χ3n) is 3.70. The molecule has 0 fully saturated rings. The number of phosphoric acid groups is 1. The zero-order valence-corrected chi connectivity index (χ0v) is 21.7. The summed E-state index contributed by atoms with van der Waals surface area (Å²) in [5, 5.41) is 9.55. The Morgan fingerprint density at radius 1 is 0.969 bits per heavy atom. The van der Waals surface area contributed by atoms with Gasteiger partial charge >= 0.3 is 7.82 Å². The Morgan fingerprint density at radius 2 is 1.44 bits per heavy atom. The van der Waals surface area contributed by atoms with Gasteiger partial charge in [-0.25, -0.2) is 4.57 Å². The van der Waals surface area contributed by atoms with Gasteiger partial charge in [0, 0.05) is 22.3 Å². The molecule has 1 aromatic rings. The summed E-state index contributed by atoms with van der Waals surface area (Å²) in [6.45, 7) is 10.6. The normalized spacial score (nSPS) is 12.4. The van der Waals surface area contributed by atoms with Crippen LogP contribution in [-0.2, 0) is 23.2 Å². The fraction of sp³-hybridized carbons (Fsp3) is 0.571. The van der Waals surface area contributed by atoms with Gasteiger partial charge in [0.1, 0.15) is 11.5 Å². The number of hydrogen-bond donors (Lipinski definition) is 1. The van der Waals surface area contributed by atoms with Gasteiger partial charge in [-0.3, -0.25) is 23.4 Å². The van der Waals surface area contributed by atoms with Crippen molar-refractivity contribution in [3.8, 4) is 11.5 Å². The van der Waals surface area contributed by atoms with Crippen LogP contribution in [0.25, 0.3) is 0 Å². The van der Waals surface area contributed by atoms with Crippen LogP contribution in [0.5, 0.6) is 11.5 Å². The third kappa shape index (κ3) is 10.1. The van der Waals surface area contributed by atoms with E-state index in [-0.39, 0.29) is 52.0 Å². The van der Waals surface area contributed by atoms with Crippen LogP contribution in [-0.4, -0.2) is 46.3 Å². The lowest BCUT2D eigenvalue weighted by Crippen LogP contribution is -2.18. The van der Waals surface area contributed by atoms with Crippen molar-refractivity contribution in [1.29, 1.82) is 0 Å². The summed E-state index contributed by atoms with van der Waals surface area (Å²) in [5.41, 5.74) is -1.09. The fourth-order valence-electron chi connectivity index (χ4n) is 1.90. The molecule has 0 saturated carbocycles. The van der Waals surface area contributed by atoms with Gasteiger partial charge in [0.15, 0.2) is 16.5 Å². The van der Waals surface area contributed by atoms with E-state index in [1.54, 1.807) is 41.5 Å². The number of aldehydes is 1. The highest BCUT2D eigenvalue weighted by atomic mass is 32.2. The van der Waals surface area contributed by atoms with Crippen molar-refractivity contribution >= 4 is 47.9 Å². The number of carbonyl (C=O) groups excluding carboxylic acids is 3. The first-order valence-corrected chi connectivity index (χ1v) is 13.3. The van der Waals surface area contributed by atoms with Crippen LogP contribution in [0.2, 0.25) is 0 Å². The van der Waals surface area contributed by atoms with E-state index in [0.29, 0.717) is 6.29 Å². The lowest BCUT2D eigenvalue weighted by atomic mass is 9.99. The molecule has 0 spiro atoms. The lowest BCUT2D eigenvalue weighted by molar-refractivity contribution is -0.118. The van der Waals surface area contributed by atoms with E-state index < -0.39 is 18.7 Å². The van der Waals surface area contributed by atoms with E-state index in [9.17, 15) is 24.1 Å². The number of hydrogen-bond acceptors (Lipinski definition) is 10. The molecule has 32 heavy (non-hydrogen) atoms. The van der Waals surface area contributed by atoms with Gasteiger partial charge < -0.3 is 9.63 Å². The molecular formula is C21H31O8PS2. The summed E-state index contributed by atoms with van der Waals surface area (Å²) in [5.74, 6) is 0.224. The second-order valence-corrected chi connectivity index (χ2v) is 12.5. The van der Waals surface area contributed by atoms with Crippen LogP contribution < -0.4 is 4.52 Å². The molecule has 8 nitrogen and oxygen atoms in total. The first kappa shape index (κ1) is 28.7. The topological polar surface area (TPSA) is 116 Å². The molecule has 1 N–H and O–H groups in total. The summed E-state index contributed by atoms with van der Waals surface area (Å²) in [4.78, 5) is 35.1. The fourth-order valence-corrected chi connectivity index (χ4v) is 4.90. The molecule has 0 radical (unpaired) electrons. The van der Waals surface area contributed by atoms with Crippen LogP contribution in [0.3, 0.4) is 0 Å². The number of thioether (sulfide) groups is 2. The number of rotatable bonds is 11. The zero-order chi connectivity index (χ0) is 24.6. The minimum absolute atomic E-state index is 0.00470. The standard InChI is InChI=1S/C21H31O8PS2/c1-20(2,3)18(24)31-11-9-27-30(26,28-10-12-32-19(25)21(4,5)6)29-16-7-8-17(23)15(13-16)14-22/h7-8,13-14,23H,9-12H2,1-6H3. The molecule has 0 bridgehead atoms. The van der Waals surface area contributed by atoms with Gasteiger partial charge in [-0.1, -0.05) is 65.1 Å². The Kier molecular flexibility index (Phi) is 11.0. The van der Waals surface area contributed by atoms with Gasteiger partial charge in [-0.15, -0.1) is 0 Å². The van der Waals surface area contributed by atoms with Crippen LogP contribution >= 0.6 is 31.3 Å². The largest absolute Gasteiger partial charge is 0.530 e. The molecule has 0 heterocycles. The van der Waals surface area contributed by atoms with Crippen molar-refractivity contribution in [2.24, 2.45) is 10.8 Å². The number of carbonyl (C=O) groups is 3. The molecule has 0 amide bonds. The summed E-state index contributed by atoms with van der Waals surface area (Å²) in [7, 11) is -4.13. The van der Waals surface area contributed by atoms with Crippen LogP contribution in [0.1, 0.15) is 51.9 Å². The lowest BCUT2D eigenvalue weighted by Gasteiger charge is -2.20. The molecule has 11 heteroatoms. The molecule has 0 aliphatic heterocycles.